The summed E-state index contributed by atoms with van der Waals surface area (Å²) in [5.74, 6) is -1.81. The first-order valence-corrected chi connectivity index (χ1v) is 22.6. The normalized spacial score (nSPS) is 14.8. The van der Waals surface area contributed by atoms with E-state index in [2.05, 4.69) is 5.14 Å². The van der Waals surface area contributed by atoms with Gasteiger partial charge in [0.1, 0.15) is 59.0 Å². The largest absolute Gasteiger partial charge is 0.489 e. The van der Waals surface area contributed by atoms with Crippen molar-refractivity contribution >= 4 is 55.3 Å². The zero-order valence-corrected chi connectivity index (χ0v) is 37.3. The number of aromatic carboxylic acids is 1. The molecule has 0 spiro atoms. The minimum Gasteiger partial charge on any atom is -0.489 e. The lowest BCUT2D eigenvalue weighted by atomic mass is 9.94. The number of nitrogens with one attached hydrogen (secondary N) is 2. The van der Waals surface area contributed by atoms with E-state index in [0.29, 0.717) is 22.6 Å². The number of benzene rings is 4. The van der Waals surface area contributed by atoms with Gasteiger partial charge in [0.05, 0.1) is 16.9 Å². The zero-order valence-electron chi connectivity index (χ0n) is 34.2. The maximum absolute atomic E-state index is 14.4. The van der Waals surface area contributed by atoms with Crippen molar-refractivity contribution in [2.24, 2.45) is 5.14 Å². The van der Waals surface area contributed by atoms with Gasteiger partial charge in [-0.3, -0.25) is 4.79 Å². The van der Waals surface area contributed by atoms with Gasteiger partial charge < -0.3 is 24.1 Å². The van der Waals surface area contributed by atoms with Gasteiger partial charge in [-0.1, -0.05) is 35.3 Å². The van der Waals surface area contributed by atoms with Crippen molar-refractivity contribution in [3.8, 4) is 23.0 Å². The lowest BCUT2D eigenvalue weighted by Gasteiger charge is -2.32. The summed E-state index contributed by atoms with van der Waals surface area (Å²) in [5.41, 5.74) is 1.55. The fraction of sp³-hybridized carbons (Fsp3) is 0.366. The molecule has 2 aliphatic rings. The minimum absolute atomic E-state index is 0.0256. The van der Waals surface area contributed by atoms with Crippen molar-refractivity contribution in [2.45, 2.75) is 84.7 Å². The van der Waals surface area contributed by atoms with Crippen molar-refractivity contribution in [3.05, 3.63) is 116 Å². The number of rotatable bonds is 11. The van der Waals surface area contributed by atoms with Crippen LogP contribution in [0.3, 0.4) is 0 Å². The number of aryl methyl sites for hydroxylation is 2. The summed E-state index contributed by atoms with van der Waals surface area (Å²) < 4.78 is 97.6. The number of amides is 1. The summed E-state index contributed by atoms with van der Waals surface area (Å²) in [7, 11) is -5.98. The fourth-order valence-electron chi connectivity index (χ4n) is 5.75. The lowest BCUT2D eigenvalue weighted by molar-refractivity contribution is 0.0690. The molecule has 0 unspecified atom stereocenters. The number of carbonyl (C=O) groups excluding carboxylic acids is 1. The molecule has 0 bridgehead atoms. The highest BCUT2D eigenvalue weighted by atomic mass is 35.5. The summed E-state index contributed by atoms with van der Waals surface area (Å²) in [6.07, 6.45) is 3.73. The Morgan fingerprint density at radius 3 is 1.57 bits per heavy atom. The van der Waals surface area contributed by atoms with Crippen molar-refractivity contribution < 1.29 is 59.3 Å². The number of ether oxygens (including phenoxy) is 4. The number of nitrogens with two attached hydrogens (primary N) is 1. The average Bonchev–Trinajstić information content (AvgIpc) is 3.17. The smallest absolute Gasteiger partial charge is 0.338 e. The van der Waals surface area contributed by atoms with Crippen LogP contribution in [0.2, 0.25) is 10.0 Å². The van der Waals surface area contributed by atoms with E-state index in [9.17, 15) is 35.2 Å². The number of sulfonamides is 1. The Morgan fingerprint density at radius 1 is 0.770 bits per heavy atom. The van der Waals surface area contributed by atoms with E-state index in [1.54, 1.807) is 10.8 Å². The molecule has 0 atom stereocenters. The van der Waals surface area contributed by atoms with Gasteiger partial charge in [0.15, 0.2) is 0 Å². The molecule has 14 nitrogen and oxygen atoms in total. The lowest BCUT2D eigenvalue weighted by Crippen LogP contribution is -2.32. The highest BCUT2D eigenvalue weighted by molar-refractivity contribution is 7.90. The Morgan fingerprint density at radius 2 is 1.18 bits per heavy atom. The summed E-state index contributed by atoms with van der Waals surface area (Å²) >= 11 is 12.2. The molecule has 2 heterocycles. The molecule has 4 aromatic carbocycles. The second kappa shape index (κ2) is 20.0. The van der Waals surface area contributed by atoms with Gasteiger partial charge in [-0.2, -0.15) is 8.42 Å². The van der Waals surface area contributed by atoms with Crippen LogP contribution >= 0.6 is 23.2 Å². The zero-order chi connectivity index (χ0) is 45.5. The molecule has 4 aromatic rings. The number of carboxylic acid groups (broad SMARTS) is 1. The van der Waals surface area contributed by atoms with Gasteiger partial charge >= 0.3 is 5.97 Å². The minimum atomic E-state index is -3.81. The van der Waals surface area contributed by atoms with Crippen LogP contribution in [-0.2, 0) is 46.3 Å². The van der Waals surface area contributed by atoms with Crippen molar-refractivity contribution in [2.75, 3.05) is 12.8 Å². The van der Waals surface area contributed by atoms with E-state index in [-0.39, 0.29) is 40.2 Å². The monoisotopic (exact) mass is 929 g/mol. The molecule has 6 rings (SSSR count). The fourth-order valence-corrected chi connectivity index (χ4v) is 6.72. The first-order valence-electron chi connectivity index (χ1n) is 18.7. The molecule has 20 heteroatoms. The number of fused-ring (bicyclic) bond motifs is 2. The average molecular weight is 931 g/mol. The van der Waals surface area contributed by atoms with E-state index in [1.165, 1.54) is 14.0 Å². The van der Waals surface area contributed by atoms with Crippen LogP contribution in [0.1, 0.15) is 90.4 Å². The van der Waals surface area contributed by atoms with E-state index in [1.807, 2.05) is 62.7 Å². The molecular weight excluding hydrogens is 883 g/mol. The molecule has 2 aliphatic heterocycles. The standard InChI is InChI=1S/C21H23ClFNO5S.C19H18ClFO4.CH6N2O2S/c1-4-30(26,27)24-20(25)16-11-17(22)14(9-18(16)23)12-28-15-6-5-13-7-8-21(2,3)29-19(13)10-15;1-19(2)6-5-11-3-4-13(8-17(11)25-19)24-10-12-7-16(21)14(18(22)23)9-15(12)20;1-3-6(2,4)5/h5-6,9-11H,4,7-8,12H2,1-3H3,(H,24,25);3-4,7-9H,5-6,10H2,1-2H3,(H,22,23);3H,1H3,(H2,2,4,5). The summed E-state index contributed by atoms with van der Waals surface area (Å²) in [4.78, 5) is 22.9. The Bertz CT molecular complexity index is 2500. The molecule has 0 radical (unpaired) electrons. The third kappa shape index (κ3) is 14.4. The number of halogens is 4. The molecule has 332 valence electrons. The molecule has 0 fully saturated rings. The number of hydrogen-bond acceptors (Lipinski definition) is 10. The Labute approximate surface area is 363 Å². The van der Waals surface area contributed by atoms with E-state index in [4.69, 9.17) is 47.3 Å². The predicted octanol–water partition coefficient (Wildman–Crippen LogP) is 7.51. The molecule has 0 aliphatic carbocycles. The predicted molar refractivity (Wildman–Crippen MR) is 226 cm³/mol. The van der Waals surface area contributed by atoms with Gasteiger partial charge in [0.2, 0.25) is 10.0 Å². The first-order chi connectivity index (χ1) is 28.3. The van der Waals surface area contributed by atoms with Crippen LogP contribution in [0.4, 0.5) is 8.78 Å². The van der Waals surface area contributed by atoms with Crippen LogP contribution in [0.15, 0.2) is 60.7 Å². The molecule has 0 saturated heterocycles. The summed E-state index contributed by atoms with van der Waals surface area (Å²) in [6.45, 7) is 9.48. The molecule has 61 heavy (non-hydrogen) atoms. The Hall–Kier alpha value is -4.72. The van der Waals surface area contributed by atoms with Crippen molar-refractivity contribution in [1.29, 1.82) is 0 Å². The van der Waals surface area contributed by atoms with E-state index < -0.39 is 54.9 Å². The Balaban J connectivity index is 0.000000240. The molecular formula is C41H47Cl2F2N3O11S2. The SMILES string of the molecule is CC1(C)CCc2ccc(OCc3cc(F)c(C(=O)O)cc3Cl)cc2O1.CCS(=O)(=O)NC(=O)c1cc(Cl)c(COc2ccc3c(c2)OC(C)(C)CC3)cc1F.CNS(N)(=O)=O. The number of carboxylic acids is 1. The van der Waals surface area contributed by atoms with Gasteiger partial charge in [-0.15, -0.1) is 0 Å². The third-order valence-electron chi connectivity index (χ3n) is 9.29. The topological polar surface area (TPSA) is 210 Å². The number of carbonyl (C=O) groups is 2. The van der Waals surface area contributed by atoms with E-state index >= 15 is 0 Å². The van der Waals surface area contributed by atoms with Crippen LogP contribution in [0.25, 0.3) is 0 Å². The van der Waals surface area contributed by atoms with Crippen LogP contribution < -0.4 is 33.5 Å². The third-order valence-corrected chi connectivity index (χ3v) is 11.8. The second-order valence-electron chi connectivity index (χ2n) is 15.1. The van der Waals surface area contributed by atoms with Gasteiger partial charge in [0.25, 0.3) is 16.1 Å². The quantitative estimate of drug-likeness (QED) is 0.116. The second-order valence-corrected chi connectivity index (χ2v) is 19.4. The molecule has 0 saturated carbocycles. The van der Waals surface area contributed by atoms with Crippen molar-refractivity contribution in [1.82, 2.24) is 9.44 Å². The molecule has 5 N–H and O–H groups in total. The molecule has 0 aromatic heterocycles. The van der Waals surface area contributed by atoms with Crippen LogP contribution in [0.5, 0.6) is 23.0 Å². The Kier molecular flexibility index (Phi) is 16.0. The maximum atomic E-state index is 14.4. The number of hydrogen-bond donors (Lipinski definition) is 4. The maximum Gasteiger partial charge on any atom is 0.338 e. The first kappa shape index (κ1) is 48.9. The van der Waals surface area contributed by atoms with Crippen LogP contribution in [-0.4, -0.2) is 57.8 Å². The summed E-state index contributed by atoms with van der Waals surface area (Å²) in [6, 6.07) is 15.5. The summed E-state index contributed by atoms with van der Waals surface area (Å²) in [5, 5.41) is 13.5. The molecule has 1 amide bonds. The van der Waals surface area contributed by atoms with Gasteiger partial charge in [0, 0.05) is 40.4 Å². The van der Waals surface area contributed by atoms with E-state index in [0.717, 1.165) is 72.6 Å². The highest BCUT2D eigenvalue weighted by Crippen LogP contribution is 2.37. The van der Waals surface area contributed by atoms with Crippen LogP contribution in [0, 0.1) is 11.6 Å². The van der Waals surface area contributed by atoms with Gasteiger partial charge in [-0.05, 0) is 108 Å². The van der Waals surface area contributed by atoms with Gasteiger partial charge in [-0.25, -0.2) is 36.6 Å². The van der Waals surface area contributed by atoms with Crippen molar-refractivity contribution in [3.63, 3.8) is 0 Å². The highest BCUT2D eigenvalue weighted by Gasteiger charge is 2.28.